The minimum atomic E-state index is -0.521. The van der Waals surface area contributed by atoms with Gasteiger partial charge in [-0.1, -0.05) is 42.5 Å². The molecule has 0 aliphatic carbocycles. The van der Waals surface area contributed by atoms with E-state index in [1.807, 2.05) is 48.5 Å². The van der Waals surface area contributed by atoms with E-state index in [0.717, 1.165) is 21.7 Å². The van der Waals surface area contributed by atoms with Crippen LogP contribution in [0.4, 0.5) is 0 Å². The number of benzene rings is 2. The smallest absolute Gasteiger partial charge is 0.271 e. The number of fused-ring (bicyclic) bond motifs is 3. The highest BCUT2D eigenvalue weighted by atomic mass is 35.5. The fraction of sp³-hybridized carbons (Fsp3) is 0. The van der Waals surface area contributed by atoms with Crippen LogP contribution in [0.15, 0.2) is 48.5 Å². The second kappa shape index (κ2) is 3.82. The first-order chi connectivity index (χ1) is 8.27. The molecule has 0 aliphatic rings. The molecular formula is C14H8ClNO. The minimum Gasteiger partial charge on any atom is -0.274 e. The van der Waals surface area contributed by atoms with E-state index in [2.05, 4.69) is 4.98 Å². The highest BCUT2D eigenvalue weighted by Gasteiger charge is 2.11. The molecule has 0 spiro atoms. The van der Waals surface area contributed by atoms with Gasteiger partial charge in [-0.15, -0.1) is 0 Å². The first kappa shape index (κ1) is 10.2. The van der Waals surface area contributed by atoms with Crippen molar-refractivity contribution < 1.29 is 4.79 Å². The molecule has 0 N–H and O–H groups in total. The van der Waals surface area contributed by atoms with E-state index >= 15 is 0 Å². The third-order valence-corrected chi connectivity index (χ3v) is 2.97. The summed E-state index contributed by atoms with van der Waals surface area (Å²) in [6.07, 6.45) is 0. The van der Waals surface area contributed by atoms with Crippen molar-refractivity contribution in [1.82, 2.24) is 4.98 Å². The summed E-state index contributed by atoms with van der Waals surface area (Å²) in [7, 11) is 0. The molecule has 0 amide bonds. The van der Waals surface area contributed by atoms with Crippen molar-refractivity contribution >= 4 is 38.5 Å². The van der Waals surface area contributed by atoms with Crippen LogP contribution in [-0.4, -0.2) is 10.2 Å². The van der Waals surface area contributed by atoms with Crippen LogP contribution in [0.5, 0.6) is 0 Å². The molecule has 2 nitrogen and oxygen atoms in total. The highest BCUT2D eigenvalue weighted by Crippen LogP contribution is 2.26. The van der Waals surface area contributed by atoms with Crippen LogP contribution in [0.2, 0.25) is 0 Å². The van der Waals surface area contributed by atoms with Gasteiger partial charge in [-0.05, 0) is 23.1 Å². The Morgan fingerprint density at radius 1 is 0.882 bits per heavy atom. The molecule has 2 aromatic carbocycles. The average Bonchev–Trinajstić information content (AvgIpc) is 2.37. The van der Waals surface area contributed by atoms with E-state index in [4.69, 9.17) is 11.6 Å². The molecule has 0 fully saturated rings. The Morgan fingerprint density at radius 3 is 2.18 bits per heavy atom. The van der Waals surface area contributed by atoms with Gasteiger partial charge in [0.15, 0.2) is 0 Å². The maximum absolute atomic E-state index is 11.4. The number of hydrogen-bond donors (Lipinski definition) is 0. The maximum Gasteiger partial charge on any atom is 0.271 e. The number of rotatable bonds is 1. The van der Waals surface area contributed by atoms with Crippen molar-refractivity contribution in [3.05, 3.63) is 54.2 Å². The fourth-order valence-corrected chi connectivity index (χ4v) is 2.20. The van der Waals surface area contributed by atoms with Crippen molar-refractivity contribution in [1.29, 1.82) is 0 Å². The van der Waals surface area contributed by atoms with Gasteiger partial charge in [0, 0.05) is 10.8 Å². The van der Waals surface area contributed by atoms with Crippen LogP contribution >= 0.6 is 11.6 Å². The molecule has 0 aliphatic heterocycles. The van der Waals surface area contributed by atoms with Crippen LogP contribution in [-0.2, 0) is 0 Å². The van der Waals surface area contributed by atoms with Gasteiger partial charge in [0.05, 0.1) is 5.52 Å². The zero-order chi connectivity index (χ0) is 11.8. The Balaban J connectivity index is 2.59. The summed E-state index contributed by atoms with van der Waals surface area (Å²) < 4.78 is 0. The third-order valence-electron chi connectivity index (χ3n) is 2.79. The first-order valence-electron chi connectivity index (χ1n) is 5.25. The number of carbonyl (C=O) groups is 1. The SMILES string of the molecule is O=C(Cl)c1nc2ccccc2c2ccccc12. The zero-order valence-electron chi connectivity index (χ0n) is 8.85. The molecule has 0 saturated carbocycles. The van der Waals surface area contributed by atoms with E-state index in [1.54, 1.807) is 0 Å². The Bertz CT molecular complexity index is 736. The number of aromatic nitrogens is 1. The molecule has 0 atom stereocenters. The molecular weight excluding hydrogens is 234 g/mol. The van der Waals surface area contributed by atoms with Gasteiger partial charge >= 0.3 is 0 Å². The summed E-state index contributed by atoms with van der Waals surface area (Å²) in [5.41, 5.74) is 1.11. The monoisotopic (exact) mass is 241 g/mol. The summed E-state index contributed by atoms with van der Waals surface area (Å²) in [5, 5.41) is 2.31. The molecule has 1 heterocycles. The van der Waals surface area contributed by atoms with Crippen molar-refractivity contribution in [2.45, 2.75) is 0 Å². The normalized spacial score (nSPS) is 10.9. The minimum absolute atomic E-state index is 0.320. The summed E-state index contributed by atoms with van der Waals surface area (Å²) >= 11 is 5.58. The third kappa shape index (κ3) is 1.58. The summed E-state index contributed by atoms with van der Waals surface area (Å²) in [6.45, 7) is 0. The molecule has 0 radical (unpaired) electrons. The van der Waals surface area contributed by atoms with E-state index in [-0.39, 0.29) is 0 Å². The van der Waals surface area contributed by atoms with Crippen LogP contribution < -0.4 is 0 Å². The molecule has 3 aromatic rings. The molecule has 17 heavy (non-hydrogen) atoms. The van der Waals surface area contributed by atoms with Gasteiger partial charge in [0.25, 0.3) is 5.24 Å². The lowest BCUT2D eigenvalue weighted by Crippen LogP contribution is -1.96. The van der Waals surface area contributed by atoms with E-state index in [0.29, 0.717) is 5.69 Å². The quantitative estimate of drug-likeness (QED) is 0.480. The Hall–Kier alpha value is -1.93. The molecule has 0 bridgehead atoms. The van der Waals surface area contributed by atoms with Gasteiger partial charge in [0.2, 0.25) is 0 Å². The van der Waals surface area contributed by atoms with Crippen molar-refractivity contribution in [3.63, 3.8) is 0 Å². The lowest BCUT2D eigenvalue weighted by Gasteiger charge is -2.06. The Morgan fingerprint density at radius 2 is 1.47 bits per heavy atom. The predicted octanol–water partition coefficient (Wildman–Crippen LogP) is 3.77. The number of carbonyl (C=O) groups excluding carboxylic acids is 1. The molecule has 82 valence electrons. The Labute approximate surface area is 103 Å². The van der Waals surface area contributed by atoms with Crippen molar-refractivity contribution in [2.24, 2.45) is 0 Å². The molecule has 1 aromatic heterocycles. The Kier molecular flexibility index (Phi) is 2.30. The summed E-state index contributed by atoms with van der Waals surface area (Å²) in [5.74, 6) is 0. The van der Waals surface area contributed by atoms with Crippen molar-refractivity contribution in [2.75, 3.05) is 0 Å². The second-order valence-electron chi connectivity index (χ2n) is 3.80. The van der Waals surface area contributed by atoms with Gasteiger partial charge < -0.3 is 0 Å². The average molecular weight is 242 g/mol. The van der Waals surface area contributed by atoms with E-state index < -0.39 is 5.24 Å². The number of hydrogen-bond acceptors (Lipinski definition) is 2. The lowest BCUT2D eigenvalue weighted by molar-refractivity contribution is 0.107. The van der Waals surface area contributed by atoms with Crippen molar-refractivity contribution in [3.8, 4) is 0 Å². The van der Waals surface area contributed by atoms with Crippen LogP contribution in [0.1, 0.15) is 10.5 Å². The van der Waals surface area contributed by atoms with Crippen LogP contribution in [0.3, 0.4) is 0 Å². The largest absolute Gasteiger partial charge is 0.274 e. The maximum atomic E-state index is 11.4. The topological polar surface area (TPSA) is 30.0 Å². The standard InChI is InChI=1S/C14H8ClNO/c15-14(17)13-11-7-2-1-5-9(11)10-6-3-4-8-12(10)16-13/h1-8H. The fourth-order valence-electron chi connectivity index (χ4n) is 2.05. The number of halogens is 1. The van der Waals surface area contributed by atoms with Crippen LogP contribution in [0.25, 0.3) is 21.7 Å². The summed E-state index contributed by atoms with van der Waals surface area (Å²) in [6, 6.07) is 15.4. The first-order valence-corrected chi connectivity index (χ1v) is 5.62. The zero-order valence-corrected chi connectivity index (χ0v) is 9.61. The molecule has 3 rings (SSSR count). The van der Waals surface area contributed by atoms with Crippen LogP contribution in [0, 0.1) is 0 Å². The van der Waals surface area contributed by atoms with Gasteiger partial charge in [-0.2, -0.15) is 0 Å². The number of nitrogens with zero attached hydrogens (tertiary/aromatic N) is 1. The van der Waals surface area contributed by atoms with Gasteiger partial charge in [-0.3, -0.25) is 4.79 Å². The molecule has 0 unspecified atom stereocenters. The van der Waals surface area contributed by atoms with E-state index in [9.17, 15) is 4.79 Å². The predicted molar refractivity (Wildman–Crippen MR) is 69.4 cm³/mol. The van der Waals surface area contributed by atoms with Gasteiger partial charge in [0.1, 0.15) is 5.69 Å². The van der Waals surface area contributed by atoms with E-state index in [1.165, 1.54) is 0 Å². The second-order valence-corrected chi connectivity index (χ2v) is 4.14. The summed E-state index contributed by atoms with van der Waals surface area (Å²) in [4.78, 5) is 15.7. The molecule has 0 saturated heterocycles. The number of para-hydroxylation sites is 1. The highest BCUT2D eigenvalue weighted by molar-refractivity contribution is 6.68. The lowest BCUT2D eigenvalue weighted by atomic mass is 10.0. The van der Waals surface area contributed by atoms with Gasteiger partial charge in [-0.25, -0.2) is 4.98 Å². The number of pyridine rings is 1. The molecule has 3 heteroatoms.